The summed E-state index contributed by atoms with van der Waals surface area (Å²) < 4.78 is 10.2. The number of rotatable bonds is 9. The normalized spacial score (nSPS) is 23.4. The molecule has 0 saturated heterocycles. The summed E-state index contributed by atoms with van der Waals surface area (Å²) in [4.78, 5) is 36.7. The number of esters is 1. The summed E-state index contributed by atoms with van der Waals surface area (Å²) in [6.45, 7) is 0. The van der Waals surface area contributed by atoms with Crippen LogP contribution in [-0.4, -0.2) is 73.3 Å². The number of aliphatic carboxylic acids is 1. The number of carbonyl (C=O) groups excluding carboxylic acids is 2. The summed E-state index contributed by atoms with van der Waals surface area (Å²) in [6, 6.07) is 8.31. The second-order valence-corrected chi connectivity index (χ2v) is 8.99. The maximum absolute atomic E-state index is 12.5. The van der Waals surface area contributed by atoms with Gasteiger partial charge in [0.25, 0.3) is 0 Å². The molecule has 3 rings (SSSR count). The van der Waals surface area contributed by atoms with Gasteiger partial charge in [-0.3, -0.25) is 4.79 Å². The molecule has 0 radical (unpaired) electrons. The SMILES string of the molecule is COc1ccc(C=CC(=O)O[C@@H]2C[C@@](O)(C(=O)O)C[C@@H](CC(=O)C=Cc3ccc(O)c(O)c3)[C@@H]2O)cc1O. The molecule has 1 aliphatic carbocycles. The molecule has 1 aliphatic rings. The van der Waals surface area contributed by atoms with Crippen molar-refractivity contribution < 1.29 is 54.5 Å². The van der Waals surface area contributed by atoms with E-state index in [1.807, 2.05) is 0 Å². The molecule has 1 saturated carbocycles. The van der Waals surface area contributed by atoms with E-state index in [1.54, 1.807) is 6.07 Å². The van der Waals surface area contributed by atoms with Gasteiger partial charge in [-0.15, -0.1) is 0 Å². The van der Waals surface area contributed by atoms with Gasteiger partial charge < -0.3 is 40.1 Å². The zero-order chi connectivity index (χ0) is 28.0. The predicted molar refractivity (Wildman–Crippen MR) is 133 cm³/mol. The molecule has 0 heterocycles. The van der Waals surface area contributed by atoms with Crippen LogP contribution in [0.3, 0.4) is 0 Å². The highest BCUT2D eigenvalue weighted by molar-refractivity contribution is 5.94. The molecule has 0 aromatic heterocycles. The van der Waals surface area contributed by atoms with Gasteiger partial charge in [-0.2, -0.15) is 0 Å². The minimum atomic E-state index is -2.34. The number of phenolic OH excluding ortho intramolecular Hbond substituents is 3. The number of hydrogen-bond donors (Lipinski definition) is 6. The maximum atomic E-state index is 12.5. The minimum Gasteiger partial charge on any atom is -0.504 e. The average molecular weight is 529 g/mol. The number of ketones is 1. The lowest BCUT2D eigenvalue weighted by molar-refractivity contribution is -0.188. The van der Waals surface area contributed by atoms with Crippen molar-refractivity contribution in [2.24, 2.45) is 5.92 Å². The highest BCUT2D eigenvalue weighted by Crippen LogP contribution is 2.37. The van der Waals surface area contributed by atoms with E-state index in [9.17, 15) is 45.0 Å². The maximum Gasteiger partial charge on any atom is 0.335 e. The summed E-state index contributed by atoms with van der Waals surface area (Å²) in [7, 11) is 1.38. The van der Waals surface area contributed by atoms with Gasteiger partial charge in [-0.25, -0.2) is 9.59 Å². The molecule has 1 fully saturated rings. The number of aromatic hydroxyl groups is 3. The van der Waals surface area contributed by atoms with Crippen LogP contribution in [0.25, 0.3) is 12.2 Å². The third-order valence-corrected chi connectivity index (χ3v) is 6.21. The summed E-state index contributed by atoms with van der Waals surface area (Å²) in [5.74, 6) is -4.70. The first-order valence-corrected chi connectivity index (χ1v) is 11.5. The van der Waals surface area contributed by atoms with Crippen molar-refractivity contribution in [1.82, 2.24) is 0 Å². The lowest BCUT2D eigenvalue weighted by Crippen LogP contribution is -2.55. The molecular formula is C27H28O11. The standard InChI is InChI=1S/C27H28O11/c1-37-22-8-4-16(11-21(22)31)5-9-24(32)38-23-14-27(36,26(34)35)13-17(25(23)33)12-18(28)6-2-15-3-7-19(29)20(30)10-15/h2-11,17,23,25,29-31,33,36H,12-14H2,1H3,(H,34,35)/t17-,23-,25+,27-/m1/s1. The topological polar surface area (TPSA) is 191 Å². The van der Waals surface area contributed by atoms with Gasteiger partial charge in [0.05, 0.1) is 13.2 Å². The zero-order valence-corrected chi connectivity index (χ0v) is 20.4. The van der Waals surface area contributed by atoms with Crippen molar-refractivity contribution in [3.05, 3.63) is 59.7 Å². The van der Waals surface area contributed by atoms with Crippen LogP contribution in [0.4, 0.5) is 0 Å². The van der Waals surface area contributed by atoms with Gasteiger partial charge in [-0.1, -0.05) is 18.2 Å². The van der Waals surface area contributed by atoms with E-state index in [0.717, 1.165) is 12.2 Å². The van der Waals surface area contributed by atoms with Crippen molar-refractivity contribution in [3.8, 4) is 23.0 Å². The fourth-order valence-electron chi connectivity index (χ4n) is 4.20. The molecule has 0 bridgehead atoms. The van der Waals surface area contributed by atoms with Crippen molar-refractivity contribution in [1.29, 1.82) is 0 Å². The number of hydrogen-bond acceptors (Lipinski definition) is 10. The summed E-state index contributed by atoms with van der Waals surface area (Å²) >= 11 is 0. The zero-order valence-electron chi connectivity index (χ0n) is 20.4. The van der Waals surface area contributed by atoms with Crippen LogP contribution in [0.5, 0.6) is 23.0 Å². The van der Waals surface area contributed by atoms with Crippen molar-refractivity contribution in [2.75, 3.05) is 7.11 Å². The van der Waals surface area contributed by atoms with Gasteiger partial charge in [0.1, 0.15) is 6.10 Å². The van der Waals surface area contributed by atoms with Gasteiger partial charge in [-0.05, 0) is 59.9 Å². The molecule has 0 aliphatic heterocycles. The van der Waals surface area contributed by atoms with Crippen LogP contribution >= 0.6 is 0 Å². The fourth-order valence-corrected chi connectivity index (χ4v) is 4.20. The number of aliphatic hydroxyl groups excluding tert-OH is 1. The highest BCUT2D eigenvalue weighted by atomic mass is 16.6. The highest BCUT2D eigenvalue weighted by Gasteiger charge is 2.50. The molecule has 2 aromatic carbocycles. The molecular weight excluding hydrogens is 500 g/mol. The van der Waals surface area contributed by atoms with E-state index in [-0.39, 0.29) is 29.4 Å². The number of carboxylic acid groups (broad SMARTS) is 1. The number of ether oxygens (including phenoxy) is 2. The number of benzene rings is 2. The first-order chi connectivity index (χ1) is 17.9. The lowest BCUT2D eigenvalue weighted by atomic mass is 9.73. The van der Waals surface area contributed by atoms with Crippen LogP contribution in [0, 0.1) is 5.92 Å². The Bertz CT molecular complexity index is 1270. The molecule has 38 heavy (non-hydrogen) atoms. The Labute approximate surface area is 217 Å². The van der Waals surface area contributed by atoms with Crippen LogP contribution < -0.4 is 4.74 Å². The van der Waals surface area contributed by atoms with Gasteiger partial charge in [0, 0.05) is 18.9 Å². The number of aliphatic hydroxyl groups is 2. The smallest absolute Gasteiger partial charge is 0.335 e. The Morgan fingerprint density at radius 1 is 0.947 bits per heavy atom. The Kier molecular flexibility index (Phi) is 8.76. The lowest BCUT2D eigenvalue weighted by Gasteiger charge is -2.41. The first-order valence-electron chi connectivity index (χ1n) is 11.5. The number of allylic oxidation sites excluding steroid dienone is 1. The number of methoxy groups -OCH3 is 1. The average Bonchev–Trinajstić information content (AvgIpc) is 2.86. The van der Waals surface area contributed by atoms with E-state index in [0.29, 0.717) is 11.1 Å². The van der Waals surface area contributed by atoms with Crippen molar-refractivity contribution in [3.63, 3.8) is 0 Å². The van der Waals surface area contributed by atoms with Crippen molar-refractivity contribution in [2.45, 2.75) is 37.1 Å². The first kappa shape index (κ1) is 28.2. The molecule has 6 N–H and O–H groups in total. The van der Waals surface area contributed by atoms with Crippen molar-refractivity contribution >= 4 is 29.9 Å². The van der Waals surface area contributed by atoms with Crippen LogP contribution in [0.2, 0.25) is 0 Å². The molecule has 11 heteroatoms. The summed E-state index contributed by atoms with van der Waals surface area (Å²) in [5, 5.41) is 59.8. The Balaban J connectivity index is 1.70. The second kappa shape index (κ2) is 11.8. The summed E-state index contributed by atoms with van der Waals surface area (Å²) in [5.41, 5.74) is -1.50. The van der Waals surface area contributed by atoms with Gasteiger partial charge >= 0.3 is 11.9 Å². The minimum absolute atomic E-state index is 0.152. The monoisotopic (exact) mass is 528 g/mol. The molecule has 0 unspecified atom stereocenters. The van der Waals surface area contributed by atoms with Crippen LogP contribution in [0.15, 0.2) is 48.6 Å². The van der Waals surface area contributed by atoms with Gasteiger partial charge in [0.2, 0.25) is 0 Å². The number of carbonyl (C=O) groups is 3. The van der Waals surface area contributed by atoms with E-state index in [4.69, 9.17) is 9.47 Å². The van der Waals surface area contributed by atoms with Crippen LogP contribution in [-0.2, 0) is 19.1 Å². The third-order valence-electron chi connectivity index (χ3n) is 6.21. The second-order valence-electron chi connectivity index (χ2n) is 8.99. The van der Waals surface area contributed by atoms with Crippen LogP contribution in [0.1, 0.15) is 30.4 Å². The van der Waals surface area contributed by atoms with E-state index < -0.39 is 54.3 Å². The Morgan fingerprint density at radius 3 is 2.18 bits per heavy atom. The van der Waals surface area contributed by atoms with Gasteiger partial charge in [0.15, 0.2) is 34.4 Å². The van der Waals surface area contributed by atoms with E-state index >= 15 is 0 Å². The third kappa shape index (κ3) is 6.90. The molecule has 4 atom stereocenters. The van der Waals surface area contributed by atoms with E-state index in [1.165, 1.54) is 49.6 Å². The Hall–Kier alpha value is -4.35. The van der Waals surface area contributed by atoms with E-state index in [2.05, 4.69) is 0 Å². The molecule has 2 aromatic rings. The largest absolute Gasteiger partial charge is 0.504 e. The number of phenols is 3. The molecule has 202 valence electrons. The molecule has 11 nitrogen and oxygen atoms in total. The summed E-state index contributed by atoms with van der Waals surface area (Å²) in [6.07, 6.45) is 0.616. The fraction of sp³-hybridized carbons (Fsp3) is 0.296. The number of carboxylic acids is 1. The molecule has 0 spiro atoms. The Morgan fingerprint density at radius 2 is 1.58 bits per heavy atom. The predicted octanol–water partition coefficient (Wildman–Crippen LogP) is 2.00. The molecule has 0 amide bonds. The quantitative estimate of drug-likeness (QED) is 0.158.